The Morgan fingerprint density at radius 1 is 1.26 bits per heavy atom. The minimum atomic E-state index is 0.0648. The van der Waals surface area contributed by atoms with Gasteiger partial charge < -0.3 is 15.0 Å². The molecule has 104 valence electrons. The molecule has 2 aliphatic rings. The lowest BCUT2D eigenvalue weighted by molar-refractivity contribution is 0.222. The summed E-state index contributed by atoms with van der Waals surface area (Å²) < 4.78 is 5.61. The van der Waals surface area contributed by atoms with Gasteiger partial charge in [0.05, 0.1) is 6.10 Å². The molecule has 0 spiro atoms. The Labute approximate surface area is 113 Å². The molecule has 2 atom stereocenters. The van der Waals surface area contributed by atoms with Crippen LogP contribution in [0.2, 0.25) is 0 Å². The molecule has 1 aromatic rings. The summed E-state index contributed by atoms with van der Waals surface area (Å²) in [6.07, 6.45) is 3.95. The third kappa shape index (κ3) is 2.43. The molecule has 2 unspecified atom stereocenters. The van der Waals surface area contributed by atoms with E-state index in [1.807, 2.05) is 20.9 Å². The highest BCUT2D eigenvalue weighted by Gasteiger charge is 2.39. The number of hydrogen-bond donors (Lipinski definition) is 1. The quantitative estimate of drug-likeness (QED) is 0.892. The second kappa shape index (κ2) is 4.83. The van der Waals surface area contributed by atoms with E-state index in [2.05, 4.69) is 25.2 Å². The molecule has 1 aromatic heterocycles. The fraction of sp³-hybridized carbons (Fsp3) is 0.769. The summed E-state index contributed by atoms with van der Waals surface area (Å²) in [5, 5.41) is 2.98. The van der Waals surface area contributed by atoms with Crippen molar-refractivity contribution in [3.05, 3.63) is 0 Å². The fourth-order valence-electron chi connectivity index (χ4n) is 3.02. The van der Waals surface area contributed by atoms with Crippen LogP contribution in [0.4, 0.5) is 11.9 Å². The monoisotopic (exact) mass is 263 g/mol. The molecule has 2 heterocycles. The first-order chi connectivity index (χ1) is 9.15. The number of anilines is 2. The lowest BCUT2D eigenvalue weighted by atomic mass is 10.1. The number of aromatic nitrogens is 3. The van der Waals surface area contributed by atoms with Crippen LogP contribution in [0, 0.1) is 5.92 Å². The fourth-order valence-corrected chi connectivity index (χ4v) is 3.02. The highest BCUT2D eigenvalue weighted by molar-refractivity contribution is 5.41. The zero-order valence-corrected chi connectivity index (χ0v) is 11.8. The molecule has 2 bridgehead atoms. The first-order valence-corrected chi connectivity index (χ1v) is 7.03. The average molecular weight is 263 g/mol. The third-order valence-corrected chi connectivity index (χ3v) is 3.83. The SMILES string of the molecule is CNc1nc(OC(C)C)nc(N2CC3CCC2C3)n1. The maximum atomic E-state index is 5.61. The van der Waals surface area contributed by atoms with Crippen LogP contribution in [0.25, 0.3) is 0 Å². The van der Waals surface area contributed by atoms with Crippen molar-refractivity contribution in [3.8, 4) is 6.01 Å². The average Bonchev–Trinajstić information content (AvgIpc) is 2.99. The van der Waals surface area contributed by atoms with Crippen LogP contribution in [-0.4, -0.2) is 40.7 Å². The van der Waals surface area contributed by atoms with E-state index in [0.717, 1.165) is 18.4 Å². The maximum absolute atomic E-state index is 5.61. The predicted octanol–water partition coefficient (Wildman–Crippen LogP) is 1.69. The summed E-state index contributed by atoms with van der Waals surface area (Å²) in [5.41, 5.74) is 0. The van der Waals surface area contributed by atoms with Crippen molar-refractivity contribution in [3.63, 3.8) is 0 Å². The number of rotatable bonds is 4. The van der Waals surface area contributed by atoms with Gasteiger partial charge in [-0.1, -0.05) is 0 Å². The van der Waals surface area contributed by atoms with E-state index in [-0.39, 0.29) is 6.10 Å². The van der Waals surface area contributed by atoms with E-state index in [0.29, 0.717) is 18.0 Å². The highest BCUT2D eigenvalue weighted by atomic mass is 16.5. The van der Waals surface area contributed by atoms with Crippen molar-refractivity contribution in [2.45, 2.75) is 45.3 Å². The maximum Gasteiger partial charge on any atom is 0.323 e. The van der Waals surface area contributed by atoms with Crippen LogP contribution in [0.15, 0.2) is 0 Å². The first-order valence-electron chi connectivity index (χ1n) is 7.03. The zero-order chi connectivity index (χ0) is 13.4. The van der Waals surface area contributed by atoms with Gasteiger partial charge in [0.1, 0.15) is 0 Å². The molecule has 2 fully saturated rings. The molecule has 19 heavy (non-hydrogen) atoms. The van der Waals surface area contributed by atoms with E-state index >= 15 is 0 Å². The minimum absolute atomic E-state index is 0.0648. The number of nitrogens with zero attached hydrogens (tertiary/aromatic N) is 4. The molecule has 0 radical (unpaired) electrons. The van der Waals surface area contributed by atoms with Crippen molar-refractivity contribution >= 4 is 11.9 Å². The Kier molecular flexibility index (Phi) is 3.16. The molecule has 0 amide bonds. The highest BCUT2D eigenvalue weighted by Crippen LogP contribution is 2.39. The Bertz CT molecular complexity index is 464. The molecule has 6 nitrogen and oxygen atoms in total. The van der Waals surface area contributed by atoms with Crippen molar-refractivity contribution < 1.29 is 4.74 Å². The van der Waals surface area contributed by atoms with Crippen molar-refractivity contribution in [1.29, 1.82) is 0 Å². The molecule has 1 saturated carbocycles. The third-order valence-electron chi connectivity index (χ3n) is 3.83. The van der Waals surface area contributed by atoms with E-state index in [1.165, 1.54) is 19.3 Å². The van der Waals surface area contributed by atoms with Crippen LogP contribution in [-0.2, 0) is 0 Å². The summed E-state index contributed by atoms with van der Waals surface area (Å²) in [7, 11) is 1.81. The predicted molar refractivity (Wildman–Crippen MR) is 73.6 cm³/mol. The first kappa shape index (κ1) is 12.4. The molecule has 6 heteroatoms. The standard InChI is InChI=1S/C13H21N5O/c1-8(2)19-13-16-11(14-3)15-12(17-13)18-7-9-4-5-10(18)6-9/h8-10H,4-7H2,1-3H3,(H,14,15,16,17). The van der Waals surface area contributed by atoms with Gasteiger partial charge in [-0.2, -0.15) is 15.0 Å². The number of hydrogen-bond acceptors (Lipinski definition) is 6. The summed E-state index contributed by atoms with van der Waals surface area (Å²) in [5.74, 6) is 2.14. The van der Waals surface area contributed by atoms with Gasteiger partial charge in [0.2, 0.25) is 11.9 Å². The molecular formula is C13H21N5O. The van der Waals surface area contributed by atoms with Gasteiger partial charge in [0.15, 0.2) is 0 Å². The Morgan fingerprint density at radius 3 is 2.68 bits per heavy atom. The number of fused-ring (bicyclic) bond motifs is 2. The molecule has 1 saturated heterocycles. The van der Waals surface area contributed by atoms with E-state index < -0.39 is 0 Å². The summed E-state index contributed by atoms with van der Waals surface area (Å²) in [6.45, 7) is 5.01. The zero-order valence-electron chi connectivity index (χ0n) is 11.8. The Balaban J connectivity index is 1.87. The van der Waals surface area contributed by atoms with Crippen LogP contribution in [0.3, 0.4) is 0 Å². The van der Waals surface area contributed by atoms with E-state index in [9.17, 15) is 0 Å². The summed E-state index contributed by atoms with van der Waals surface area (Å²) >= 11 is 0. The van der Waals surface area contributed by atoms with Crippen LogP contribution >= 0.6 is 0 Å². The van der Waals surface area contributed by atoms with Gasteiger partial charge in [-0.15, -0.1) is 0 Å². The number of ether oxygens (including phenoxy) is 1. The Hall–Kier alpha value is -1.59. The lowest BCUT2D eigenvalue weighted by Gasteiger charge is -2.27. The largest absolute Gasteiger partial charge is 0.461 e. The molecule has 0 aromatic carbocycles. The topological polar surface area (TPSA) is 63.2 Å². The van der Waals surface area contributed by atoms with Crippen molar-refractivity contribution in [2.24, 2.45) is 5.92 Å². The van der Waals surface area contributed by atoms with E-state index in [4.69, 9.17) is 4.74 Å². The minimum Gasteiger partial charge on any atom is -0.461 e. The summed E-state index contributed by atoms with van der Waals surface area (Å²) in [6, 6.07) is 1.01. The molecule has 1 N–H and O–H groups in total. The van der Waals surface area contributed by atoms with Crippen molar-refractivity contribution in [1.82, 2.24) is 15.0 Å². The van der Waals surface area contributed by atoms with Crippen LogP contribution < -0.4 is 15.0 Å². The van der Waals surface area contributed by atoms with Gasteiger partial charge in [0, 0.05) is 19.6 Å². The van der Waals surface area contributed by atoms with Gasteiger partial charge >= 0.3 is 6.01 Å². The van der Waals surface area contributed by atoms with E-state index in [1.54, 1.807) is 0 Å². The number of nitrogens with one attached hydrogen (secondary N) is 1. The normalized spacial score (nSPS) is 25.2. The lowest BCUT2D eigenvalue weighted by Crippen LogP contribution is -2.33. The van der Waals surface area contributed by atoms with Gasteiger partial charge in [-0.3, -0.25) is 0 Å². The van der Waals surface area contributed by atoms with Gasteiger partial charge in [-0.25, -0.2) is 0 Å². The number of piperidine rings is 1. The second-order valence-electron chi connectivity index (χ2n) is 5.64. The molecule has 1 aliphatic carbocycles. The molecule has 1 aliphatic heterocycles. The van der Waals surface area contributed by atoms with Crippen molar-refractivity contribution in [2.75, 3.05) is 23.8 Å². The van der Waals surface area contributed by atoms with Gasteiger partial charge in [0.25, 0.3) is 0 Å². The molecular weight excluding hydrogens is 242 g/mol. The van der Waals surface area contributed by atoms with Gasteiger partial charge in [-0.05, 0) is 39.0 Å². The van der Waals surface area contributed by atoms with Crippen LogP contribution in [0.5, 0.6) is 6.01 Å². The Morgan fingerprint density at radius 2 is 2.11 bits per heavy atom. The molecule has 3 rings (SSSR count). The summed E-state index contributed by atoms with van der Waals surface area (Å²) in [4.78, 5) is 15.5. The second-order valence-corrected chi connectivity index (χ2v) is 5.64. The van der Waals surface area contributed by atoms with Crippen LogP contribution in [0.1, 0.15) is 33.1 Å². The smallest absolute Gasteiger partial charge is 0.323 e.